The molecule has 2 rings (SSSR count). The molecule has 0 aliphatic heterocycles. The summed E-state index contributed by atoms with van der Waals surface area (Å²) >= 11 is 1.39. The van der Waals surface area contributed by atoms with Gasteiger partial charge in [-0.25, -0.2) is 4.98 Å². The number of rotatable bonds is 2. The Morgan fingerprint density at radius 3 is 2.86 bits per heavy atom. The molecule has 0 radical (unpaired) electrons. The van der Waals surface area contributed by atoms with Gasteiger partial charge in [-0.2, -0.15) is 25.4 Å². The predicted octanol–water partition coefficient (Wildman–Crippen LogP) is -0.0392. The lowest BCUT2D eigenvalue weighted by Crippen LogP contribution is -2.01. The molecule has 0 aromatic carbocycles. The van der Waals surface area contributed by atoms with Crippen molar-refractivity contribution in [2.24, 2.45) is 0 Å². The minimum absolute atomic E-state index is 0.183. The highest BCUT2D eigenvalue weighted by atomic mass is 32.2. The zero-order valence-corrected chi connectivity index (χ0v) is 8.12. The van der Waals surface area contributed by atoms with Crippen LogP contribution >= 0.6 is 11.8 Å². The van der Waals surface area contributed by atoms with E-state index in [1.165, 1.54) is 18.0 Å². The number of anilines is 1. The molecule has 0 saturated carbocycles. The molecule has 2 aromatic heterocycles. The lowest BCUT2D eigenvalue weighted by molar-refractivity contribution is 0.907. The summed E-state index contributed by atoms with van der Waals surface area (Å²) in [5.41, 5.74) is 6.06. The lowest BCUT2D eigenvalue weighted by Gasteiger charge is -1.98. The number of nitrogens with two attached hydrogens (primary N) is 1. The molecule has 0 aliphatic rings. The van der Waals surface area contributed by atoms with Gasteiger partial charge in [0.05, 0.1) is 6.20 Å². The molecule has 72 valence electrons. The van der Waals surface area contributed by atoms with Crippen LogP contribution in [0.4, 0.5) is 5.95 Å². The van der Waals surface area contributed by atoms with Gasteiger partial charge in [0, 0.05) is 0 Å². The number of aromatic nitrogens is 6. The van der Waals surface area contributed by atoms with E-state index in [0.717, 1.165) is 0 Å². The van der Waals surface area contributed by atoms with Gasteiger partial charge in [-0.1, -0.05) is 11.8 Å². The Morgan fingerprint density at radius 1 is 1.36 bits per heavy atom. The Labute approximate surface area is 83.6 Å². The Morgan fingerprint density at radius 2 is 2.21 bits per heavy atom. The second-order valence-corrected chi connectivity index (χ2v) is 3.13. The van der Waals surface area contributed by atoms with E-state index in [4.69, 9.17) is 5.73 Å². The number of hydrogen-bond donors (Lipinski definition) is 2. The van der Waals surface area contributed by atoms with Crippen LogP contribution < -0.4 is 5.73 Å². The zero-order valence-electron chi connectivity index (χ0n) is 7.30. The molecule has 0 fully saturated rings. The maximum Gasteiger partial charge on any atom is 0.224 e. The first-order valence-corrected chi connectivity index (χ1v) is 4.94. The van der Waals surface area contributed by atoms with Crippen LogP contribution in [-0.2, 0) is 0 Å². The summed E-state index contributed by atoms with van der Waals surface area (Å²) in [6, 6.07) is 0. The van der Waals surface area contributed by atoms with Gasteiger partial charge in [-0.3, -0.25) is 0 Å². The molecular weight excluding hydrogens is 202 g/mol. The number of aromatic amines is 1. The van der Waals surface area contributed by atoms with Gasteiger partial charge in [0.1, 0.15) is 5.69 Å². The van der Waals surface area contributed by atoms with Crippen molar-refractivity contribution in [3.8, 4) is 11.5 Å². The van der Waals surface area contributed by atoms with Crippen LogP contribution in [0.1, 0.15) is 0 Å². The molecule has 0 amide bonds. The Kier molecular flexibility index (Phi) is 2.27. The fourth-order valence-corrected chi connectivity index (χ4v) is 1.25. The van der Waals surface area contributed by atoms with Gasteiger partial charge in [0.25, 0.3) is 0 Å². The highest BCUT2D eigenvalue weighted by molar-refractivity contribution is 7.98. The molecule has 8 heteroatoms. The van der Waals surface area contributed by atoms with Gasteiger partial charge in [0.15, 0.2) is 11.0 Å². The molecule has 0 saturated heterocycles. The van der Waals surface area contributed by atoms with Crippen LogP contribution in [0, 0.1) is 0 Å². The molecule has 2 heterocycles. The summed E-state index contributed by atoms with van der Waals surface area (Å²) < 4.78 is 0. The second kappa shape index (κ2) is 3.58. The summed E-state index contributed by atoms with van der Waals surface area (Å²) in [5.74, 6) is 0.609. The van der Waals surface area contributed by atoms with Crippen molar-refractivity contribution >= 4 is 17.7 Å². The smallest absolute Gasteiger partial charge is 0.224 e. The topological polar surface area (TPSA) is 106 Å². The first-order valence-electron chi connectivity index (χ1n) is 3.71. The average Bonchev–Trinajstić information content (AvgIpc) is 2.69. The van der Waals surface area contributed by atoms with E-state index in [0.29, 0.717) is 16.7 Å². The Balaban J connectivity index is 2.48. The summed E-state index contributed by atoms with van der Waals surface area (Å²) in [4.78, 5) is 12.0. The van der Waals surface area contributed by atoms with Crippen LogP contribution in [-0.4, -0.2) is 36.6 Å². The second-order valence-electron chi connectivity index (χ2n) is 2.36. The van der Waals surface area contributed by atoms with Crippen molar-refractivity contribution in [3.63, 3.8) is 0 Å². The van der Waals surface area contributed by atoms with E-state index in [2.05, 4.69) is 30.4 Å². The quantitative estimate of drug-likeness (QED) is 0.668. The van der Waals surface area contributed by atoms with Crippen molar-refractivity contribution in [3.05, 3.63) is 6.20 Å². The number of hydrogen-bond acceptors (Lipinski definition) is 7. The lowest BCUT2D eigenvalue weighted by atomic mass is 10.4. The number of nitrogens with zero attached hydrogens (tertiary/aromatic N) is 5. The van der Waals surface area contributed by atoms with E-state index in [1.54, 1.807) is 0 Å². The van der Waals surface area contributed by atoms with Crippen LogP contribution in [0.3, 0.4) is 0 Å². The number of nitrogen functional groups attached to an aromatic ring is 1. The minimum Gasteiger partial charge on any atom is -0.368 e. The van der Waals surface area contributed by atoms with Gasteiger partial charge in [0.2, 0.25) is 5.95 Å². The van der Waals surface area contributed by atoms with Crippen LogP contribution in [0.15, 0.2) is 11.4 Å². The first kappa shape index (κ1) is 8.88. The summed E-state index contributed by atoms with van der Waals surface area (Å²) in [6.45, 7) is 0. The van der Waals surface area contributed by atoms with Crippen LogP contribution in [0.2, 0.25) is 0 Å². The third kappa shape index (κ3) is 1.64. The minimum atomic E-state index is 0.183. The van der Waals surface area contributed by atoms with Gasteiger partial charge < -0.3 is 5.73 Å². The molecule has 14 heavy (non-hydrogen) atoms. The summed E-state index contributed by atoms with van der Waals surface area (Å²) in [6.07, 6.45) is 3.39. The van der Waals surface area contributed by atoms with E-state index >= 15 is 0 Å². The molecule has 0 spiro atoms. The summed E-state index contributed by atoms with van der Waals surface area (Å²) in [5, 5.41) is 10.6. The van der Waals surface area contributed by atoms with E-state index < -0.39 is 0 Å². The molecule has 7 nitrogen and oxygen atoms in total. The molecule has 0 bridgehead atoms. The maximum atomic E-state index is 5.51. The Hall–Kier alpha value is -1.70. The molecule has 0 unspecified atom stereocenters. The Bertz CT molecular complexity index is 426. The fraction of sp³-hybridized carbons (Fsp3) is 0.167. The molecule has 0 aliphatic carbocycles. The van der Waals surface area contributed by atoms with Crippen molar-refractivity contribution in [2.75, 3.05) is 12.0 Å². The standard InChI is InChI=1S/C6H7N7S/c1-14-6-10-4(9-5(7)11-6)3-2-8-13-12-3/h2H,1H3,(H,8,12,13)(H2,7,9,10,11). The number of thioether (sulfide) groups is 1. The zero-order chi connectivity index (χ0) is 9.97. The van der Waals surface area contributed by atoms with Crippen molar-refractivity contribution in [1.82, 2.24) is 30.4 Å². The van der Waals surface area contributed by atoms with Crippen LogP contribution in [0.5, 0.6) is 0 Å². The third-order valence-electron chi connectivity index (χ3n) is 1.46. The SMILES string of the molecule is CSc1nc(N)nc(-c2cn[nH]n2)n1. The molecule has 0 atom stereocenters. The maximum absolute atomic E-state index is 5.51. The van der Waals surface area contributed by atoms with Gasteiger partial charge in [-0.15, -0.1) is 0 Å². The van der Waals surface area contributed by atoms with Crippen molar-refractivity contribution in [2.45, 2.75) is 5.16 Å². The highest BCUT2D eigenvalue weighted by Gasteiger charge is 2.07. The van der Waals surface area contributed by atoms with Crippen LogP contribution in [0.25, 0.3) is 11.5 Å². The molecule has 3 N–H and O–H groups in total. The number of nitrogens with one attached hydrogen (secondary N) is 1. The highest BCUT2D eigenvalue weighted by Crippen LogP contribution is 2.15. The van der Waals surface area contributed by atoms with E-state index in [-0.39, 0.29) is 5.95 Å². The van der Waals surface area contributed by atoms with Gasteiger partial charge in [-0.05, 0) is 6.26 Å². The van der Waals surface area contributed by atoms with Crippen molar-refractivity contribution in [1.29, 1.82) is 0 Å². The third-order valence-corrected chi connectivity index (χ3v) is 2.01. The largest absolute Gasteiger partial charge is 0.368 e. The van der Waals surface area contributed by atoms with E-state index in [9.17, 15) is 0 Å². The van der Waals surface area contributed by atoms with E-state index in [1.807, 2.05) is 6.26 Å². The molecule has 2 aromatic rings. The fourth-order valence-electron chi connectivity index (χ4n) is 0.887. The predicted molar refractivity (Wildman–Crippen MR) is 51.4 cm³/mol. The van der Waals surface area contributed by atoms with Crippen molar-refractivity contribution < 1.29 is 0 Å². The summed E-state index contributed by atoms with van der Waals surface area (Å²) in [7, 11) is 0. The normalized spacial score (nSPS) is 10.4. The average molecular weight is 209 g/mol. The monoisotopic (exact) mass is 209 g/mol. The number of H-pyrrole nitrogens is 1. The first-order chi connectivity index (χ1) is 6.79. The van der Waals surface area contributed by atoms with Gasteiger partial charge >= 0.3 is 0 Å². The molecular formula is C6H7N7S.